The molecule has 0 radical (unpaired) electrons. The molecule has 0 aliphatic carbocycles. The zero-order valence-corrected chi connectivity index (χ0v) is 5.39. The number of nitrogens with zero attached hydrogens (tertiary/aromatic N) is 1. The van der Waals surface area contributed by atoms with Crippen molar-refractivity contribution >= 4 is 5.91 Å². The maximum absolute atomic E-state index is 10.8. The zero-order valence-electron chi connectivity index (χ0n) is 5.39. The molecule has 0 N–H and O–H groups in total. The quantitative estimate of drug-likeness (QED) is 0.508. The van der Waals surface area contributed by atoms with E-state index in [1.165, 1.54) is 4.90 Å². The van der Waals surface area contributed by atoms with Crippen molar-refractivity contribution in [1.29, 1.82) is 0 Å². The predicted molar refractivity (Wildman–Crippen MR) is 32.5 cm³/mol. The molecule has 1 rings (SSSR count). The Bertz CT molecular complexity index is 137. The Hall–Kier alpha value is -0.990. The first-order valence-electron chi connectivity index (χ1n) is 2.87. The highest BCUT2D eigenvalue weighted by Crippen LogP contribution is 2.11. The van der Waals surface area contributed by atoms with Crippen LogP contribution in [0.15, 0.2) is 12.5 Å². The number of likely N-dealkylation sites (N-methyl/N-ethyl adjacent to an activating group) is 1. The Morgan fingerprint density at radius 3 is 2.78 bits per heavy atom. The van der Waals surface area contributed by atoms with Gasteiger partial charge in [0.05, 0.1) is 0 Å². The second-order valence-electron chi connectivity index (χ2n) is 1.82. The van der Waals surface area contributed by atoms with Gasteiger partial charge < -0.3 is 4.74 Å². The molecule has 1 saturated heterocycles. The van der Waals surface area contributed by atoms with Crippen LogP contribution in [0, 0.1) is 0 Å². The van der Waals surface area contributed by atoms with Gasteiger partial charge in [0.2, 0.25) is 0 Å². The number of carbonyl (C=O) groups excluding carboxylic acids is 1. The van der Waals surface area contributed by atoms with E-state index in [9.17, 15) is 4.79 Å². The van der Waals surface area contributed by atoms with Gasteiger partial charge in [0.25, 0.3) is 5.91 Å². The van der Waals surface area contributed by atoms with Gasteiger partial charge in [0.15, 0.2) is 12.5 Å². The summed E-state index contributed by atoms with van der Waals surface area (Å²) < 4.78 is 4.85. The lowest BCUT2D eigenvalue weighted by atomic mass is 10.5. The lowest BCUT2D eigenvalue weighted by Gasteiger charge is -2.09. The standard InChI is InChI=1S/C6H9NO2/c1-3-7-5(2)9-4-6(7)8/h2-4H2,1H3. The molecule has 1 aliphatic rings. The van der Waals surface area contributed by atoms with E-state index in [-0.39, 0.29) is 12.5 Å². The molecular weight excluding hydrogens is 118 g/mol. The molecule has 50 valence electrons. The predicted octanol–water partition coefficient (Wildman–Crippen LogP) is 0.336. The van der Waals surface area contributed by atoms with Crippen molar-refractivity contribution < 1.29 is 9.53 Å². The first kappa shape index (κ1) is 6.13. The zero-order chi connectivity index (χ0) is 6.85. The first-order valence-corrected chi connectivity index (χ1v) is 2.87. The number of hydrogen-bond acceptors (Lipinski definition) is 2. The van der Waals surface area contributed by atoms with E-state index in [1.807, 2.05) is 6.92 Å². The molecule has 0 atom stereocenters. The van der Waals surface area contributed by atoms with E-state index < -0.39 is 0 Å². The summed E-state index contributed by atoms with van der Waals surface area (Å²) in [6, 6.07) is 0. The van der Waals surface area contributed by atoms with Crippen LogP contribution in [-0.2, 0) is 9.53 Å². The number of carbonyl (C=O) groups is 1. The summed E-state index contributed by atoms with van der Waals surface area (Å²) in [6.07, 6.45) is 0. The summed E-state index contributed by atoms with van der Waals surface area (Å²) in [7, 11) is 0. The number of amides is 1. The third-order valence-electron chi connectivity index (χ3n) is 1.28. The summed E-state index contributed by atoms with van der Waals surface area (Å²) in [5.74, 6) is 0.477. The van der Waals surface area contributed by atoms with E-state index >= 15 is 0 Å². The van der Waals surface area contributed by atoms with Crippen molar-refractivity contribution in [3.05, 3.63) is 12.5 Å². The first-order chi connectivity index (χ1) is 4.25. The van der Waals surface area contributed by atoms with Crippen molar-refractivity contribution in [2.45, 2.75) is 6.92 Å². The van der Waals surface area contributed by atoms with Gasteiger partial charge in [0.1, 0.15) is 0 Å². The minimum atomic E-state index is 0.00231. The lowest BCUT2D eigenvalue weighted by Crippen LogP contribution is -2.23. The van der Waals surface area contributed by atoms with Gasteiger partial charge in [-0.05, 0) is 13.5 Å². The van der Waals surface area contributed by atoms with Crippen molar-refractivity contribution in [2.75, 3.05) is 13.2 Å². The molecule has 3 heteroatoms. The Kier molecular flexibility index (Phi) is 1.42. The van der Waals surface area contributed by atoms with E-state index in [2.05, 4.69) is 6.58 Å². The summed E-state index contributed by atoms with van der Waals surface area (Å²) in [4.78, 5) is 12.3. The number of rotatable bonds is 1. The Labute approximate surface area is 53.9 Å². The largest absolute Gasteiger partial charge is 0.469 e. The SMILES string of the molecule is C=C1OCC(=O)N1CC. The molecule has 1 fully saturated rings. The second kappa shape index (κ2) is 2.09. The Morgan fingerprint density at radius 1 is 1.89 bits per heavy atom. The molecule has 1 heterocycles. The minimum absolute atomic E-state index is 0.00231. The minimum Gasteiger partial charge on any atom is -0.469 e. The van der Waals surface area contributed by atoms with Crippen molar-refractivity contribution in [1.82, 2.24) is 4.90 Å². The summed E-state index contributed by atoms with van der Waals surface area (Å²) in [5, 5.41) is 0. The average Bonchev–Trinajstić information content (AvgIpc) is 2.12. The molecule has 1 aliphatic heterocycles. The molecule has 0 aromatic carbocycles. The number of ether oxygens (including phenoxy) is 1. The van der Waals surface area contributed by atoms with Crippen LogP contribution >= 0.6 is 0 Å². The highest BCUT2D eigenvalue weighted by atomic mass is 16.5. The molecule has 0 saturated carbocycles. The van der Waals surface area contributed by atoms with Crippen LogP contribution in [0.25, 0.3) is 0 Å². The molecule has 0 unspecified atom stereocenters. The van der Waals surface area contributed by atoms with Crippen molar-refractivity contribution in [3.63, 3.8) is 0 Å². The molecule has 0 spiro atoms. The van der Waals surface area contributed by atoms with Crippen LogP contribution in [-0.4, -0.2) is 24.0 Å². The van der Waals surface area contributed by atoms with Crippen molar-refractivity contribution in [2.24, 2.45) is 0 Å². The van der Waals surface area contributed by atoms with Crippen LogP contribution in [0.4, 0.5) is 0 Å². The highest BCUT2D eigenvalue weighted by molar-refractivity contribution is 5.80. The lowest BCUT2D eigenvalue weighted by molar-refractivity contribution is -0.126. The maximum atomic E-state index is 10.8. The van der Waals surface area contributed by atoms with Gasteiger partial charge in [-0.25, -0.2) is 0 Å². The molecule has 0 aromatic rings. The van der Waals surface area contributed by atoms with Crippen LogP contribution in [0.5, 0.6) is 0 Å². The van der Waals surface area contributed by atoms with Crippen LogP contribution < -0.4 is 0 Å². The van der Waals surface area contributed by atoms with Gasteiger partial charge in [-0.2, -0.15) is 0 Å². The van der Waals surface area contributed by atoms with Gasteiger partial charge in [0, 0.05) is 6.54 Å². The fraction of sp³-hybridized carbons (Fsp3) is 0.500. The molecule has 0 aromatic heterocycles. The Morgan fingerprint density at radius 2 is 2.56 bits per heavy atom. The average molecular weight is 127 g/mol. The number of hydrogen-bond donors (Lipinski definition) is 0. The molecule has 3 nitrogen and oxygen atoms in total. The summed E-state index contributed by atoms with van der Waals surface area (Å²) in [6.45, 7) is 6.24. The van der Waals surface area contributed by atoms with Gasteiger partial charge in [-0.1, -0.05) is 0 Å². The Balaban J connectivity index is 2.66. The van der Waals surface area contributed by atoms with E-state index in [0.29, 0.717) is 12.4 Å². The van der Waals surface area contributed by atoms with Gasteiger partial charge in [-0.15, -0.1) is 0 Å². The molecular formula is C6H9NO2. The smallest absolute Gasteiger partial charge is 0.267 e. The fourth-order valence-corrected chi connectivity index (χ4v) is 0.793. The third-order valence-corrected chi connectivity index (χ3v) is 1.28. The fourth-order valence-electron chi connectivity index (χ4n) is 0.793. The highest BCUT2D eigenvalue weighted by Gasteiger charge is 2.23. The second-order valence-corrected chi connectivity index (χ2v) is 1.82. The molecule has 9 heavy (non-hydrogen) atoms. The van der Waals surface area contributed by atoms with Gasteiger partial charge in [-0.3, -0.25) is 9.69 Å². The maximum Gasteiger partial charge on any atom is 0.267 e. The van der Waals surface area contributed by atoms with Crippen LogP contribution in [0.3, 0.4) is 0 Å². The third kappa shape index (κ3) is 0.896. The van der Waals surface area contributed by atoms with E-state index in [1.54, 1.807) is 0 Å². The monoisotopic (exact) mass is 127 g/mol. The molecule has 1 amide bonds. The summed E-state index contributed by atoms with van der Waals surface area (Å²) in [5.41, 5.74) is 0. The molecule has 0 bridgehead atoms. The topological polar surface area (TPSA) is 29.5 Å². The van der Waals surface area contributed by atoms with E-state index in [4.69, 9.17) is 4.74 Å². The van der Waals surface area contributed by atoms with Crippen LogP contribution in [0.2, 0.25) is 0 Å². The van der Waals surface area contributed by atoms with Crippen LogP contribution in [0.1, 0.15) is 6.92 Å². The normalized spacial score (nSPS) is 18.6. The van der Waals surface area contributed by atoms with E-state index in [0.717, 1.165) is 0 Å². The van der Waals surface area contributed by atoms with Gasteiger partial charge >= 0.3 is 0 Å². The summed E-state index contributed by atoms with van der Waals surface area (Å²) >= 11 is 0. The van der Waals surface area contributed by atoms with Crippen molar-refractivity contribution in [3.8, 4) is 0 Å².